The lowest BCUT2D eigenvalue weighted by Crippen LogP contribution is -2.30. The number of hydrogen-bond donors (Lipinski definition) is 3. The van der Waals surface area contributed by atoms with Gasteiger partial charge in [-0.1, -0.05) is 0 Å². The van der Waals surface area contributed by atoms with Gasteiger partial charge in [-0.2, -0.15) is 0 Å². The van der Waals surface area contributed by atoms with Crippen LogP contribution in [0.3, 0.4) is 0 Å². The number of hydrogen-bond acceptors (Lipinski definition) is 3. The van der Waals surface area contributed by atoms with E-state index >= 15 is 0 Å². The van der Waals surface area contributed by atoms with Crippen molar-refractivity contribution >= 4 is 24.2 Å². The molecule has 0 aliphatic carbocycles. The maximum Gasteiger partial charge on any atom is 0.220 e. The summed E-state index contributed by atoms with van der Waals surface area (Å²) in [6, 6.07) is 0.168. The lowest BCUT2D eigenvalue weighted by atomic mass is 10.1. The molecule has 5 nitrogen and oxygen atoms in total. The van der Waals surface area contributed by atoms with Crippen LogP contribution in [0.1, 0.15) is 46.0 Å². The summed E-state index contributed by atoms with van der Waals surface area (Å²) in [7, 11) is 0. The van der Waals surface area contributed by atoms with E-state index in [1.807, 2.05) is 13.8 Å². The second kappa shape index (κ2) is 10.9. The van der Waals surface area contributed by atoms with Crippen LogP contribution >= 0.6 is 12.4 Å². The predicted octanol–water partition coefficient (Wildman–Crippen LogP) is 1.22. The Balaban J connectivity index is 0.00000361. The summed E-state index contributed by atoms with van der Waals surface area (Å²) in [5.41, 5.74) is 0. The van der Waals surface area contributed by atoms with Gasteiger partial charge in [-0.25, -0.2) is 0 Å². The van der Waals surface area contributed by atoms with Crippen LogP contribution in [0.15, 0.2) is 0 Å². The van der Waals surface area contributed by atoms with Crippen molar-refractivity contribution in [2.45, 2.75) is 52.0 Å². The molecule has 20 heavy (non-hydrogen) atoms. The largest absolute Gasteiger partial charge is 0.356 e. The highest BCUT2D eigenvalue weighted by Crippen LogP contribution is 2.10. The minimum atomic E-state index is 0. The fraction of sp³-hybridized carbons (Fsp3) is 0.857. The Morgan fingerprint density at radius 2 is 1.95 bits per heavy atom. The van der Waals surface area contributed by atoms with Crippen molar-refractivity contribution < 1.29 is 9.59 Å². The molecule has 1 aliphatic rings. The fourth-order valence-electron chi connectivity index (χ4n) is 2.27. The molecule has 1 rings (SSSR count). The minimum Gasteiger partial charge on any atom is -0.356 e. The van der Waals surface area contributed by atoms with Crippen LogP contribution in [0.4, 0.5) is 0 Å². The zero-order chi connectivity index (χ0) is 14.1. The molecule has 1 heterocycles. The van der Waals surface area contributed by atoms with Crippen LogP contribution in [-0.4, -0.2) is 37.5 Å². The van der Waals surface area contributed by atoms with E-state index in [-0.39, 0.29) is 30.3 Å². The molecule has 1 saturated heterocycles. The number of rotatable bonds is 8. The molecule has 0 aromatic rings. The third-order valence-electron chi connectivity index (χ3n) is 3.29. The SMILES string of the molecule is CC(C)NC(=O)CCCC(=O)NCCC1CCNC1.Cl. The van der Waals surface area contributed by atoms with Crippen molar-refractivity contribution in [3.63, 3.8) is 0 Å². The molecule has 1 atom stereocenters. The smallest absolute Gasteiger partial charge is 0.220 e. The predicted molar refractivity (Wildman–Crippen MR) is 83.0 cm³/mol. The van der Waals surface area contributed by atoms with Crippen LogP contribution in [0.25, 0.3) is 0 Å². The molecule has 2 amide bonds. The Kier molecular flexibility index (Phi) is 10.5. The van der Waals surface area contributed by atoms with Crippen molar-refractivity contribution in [1.82, 2.24) is 16.0 Å². The zero-order valence-corrected chi connectivity index (χ0v) is 13.4. The minimum absolute atomic E-state index is 0. The van der Waals surface area contributed by atoms with E-state index in [0.717, 1.165) is 26.1 Å². The normalized spacial score (nSPS) is 17.6. The van der Waals surface area contributed by atoms with Crippen molar-refractivity contribution in [3.8, 4) is 0 Å². The van der Waals surface area contributed by atoms with Crippen LogP contribution in [0, 0.1) is 5.92 Å². The Bertz CT molecular complexity index is 292. The Morgan fingerprint density at radius 1 is 1.25 bits per heavy atom. The van der Waals surface area contributed by atoms with E-state index < -0.39 is 0 Å². The third kappa shape index (κ3) is 9.15. The van der Waals surface area contributed by atoms with Crippen LogP contribution < -0.4 is 16.0 Å². The van der Waals surface area contributed by atoms with Crippen LogP contribution in [0.2, 0.25) is 0 Å². The molecule has 0 saturated carbocycles. The van der Waals surface area contributed by atoms with Gasteiger partial charge < -0.3 is 16.0 Å². The molecule has 118 valence electrons. The van der Waals surface area contributed by atoms with Crippen molar-refractivity contribution in [1.29, 1.82) is 0 Å². The monoisotopic (exact) mass is 305 g/mol. The summed E-state index contributed by atoms with van der Waals surface area (Å²) in [6.07, 6.45) is 3.75. The Morgan fingerprint density at radius 3 is 2.55 bits per heavy atom. The number of carbonyl (C=O) groups excluding carboxylic acids is 2. The highest BCUT2D eigenvalue weighted by atomic mass is 35.5. The molecule has 0 aromatic carbocycles. The molecular formula is C14H28ClN3O2. The standard InChI is InChI=1S/C14H27N3O2.ClH/c1-11(2)17-14(19)5-3-4-13(18)16-9-7-12-6-8-15-10-12;/h11-12,15H,3-10H2,1-2H3,(H,16,18)(H,17,19);1H. The quantitative estimate of drug-likeness (QED) is 0.631. The van der Waals surface area contributed by atoms with E-state index in [2.05, 4.69) is 16.0 Å². The molecule has 1 aliphatic heterocycles. The first-order chi connectivity index (χ1) is 9.08. The van der Waals surface area contributed by atoms with E-state index in [9.17, 15) is 9.59 Å². The van der Waals surface area contributed by atoms with Crippen molar-refractivity contribution in [2.24, 2.45) is 5.92 Å². The zero-order valence-electron chi connectivity index (χ0n) is 12.5. The third-order valence-corrected chi connectivity index (χ3v) is 3.29. The Labute approximate surface area is 128 Å². The summed E-state index contributed by atoms with van der Waals surface area (Å²) in [5.74, 6) is 0.792. The molecular weight excluding hydrogens is 278 g/mol. The van der Waals surface area contributed by atoms with Crippen molar-refractivity contribution in [2.75, 3.05) is 19.6 Å². The summed E-state index contributed by atoms with van der Waals surface area (Å²) < 4.78 is 0. The van der Waals surface area contributed by atoms with Gasteiger partial charge in [-0.3, -0.25) is 9.59 Å². The molecule has 0 spiro atoms. The lowest BCUT2D eigenvalue weighted by Gasteiger charge is -2.10. The van der Waals surface area contributed by atoms with Gasteiger partial charge in [-0.05, 0) is 52.1 Å². The number of carbonyl (C=O) groups is 2. The summed E-state index contributed by atoms with van der Waals surface area (Å²) in [5, 5.41) is 9.06. The van der Waals surface area contributed by atoms with Crippen LogP contribution in [-0.2, 0) is 9.59 Å². The molecule has 1 unspecified atom stereocenters. The molecule has 1 fully saturated rings. The maximum atomic E-state index is 11.6. The van der Waals surface area contributed by atoms with Gasteiger partial charge in [0.15, 0.2) is 0 Å². The van der Waals surface area contributed by atoms with Gasteiger partial charge in [0.25, 0.3) is 0 Å². The number of halogens is 1. The molecule has 3 N–H and O–H groups in total. The average Bonchev–Trinajstić information content (AvgIpc) is 2.81. The van der Waals surface area contributed by atoms with Gasteiger partial charge in [0.1, 0.15) is 0 Å². The second-order valence-corrected chi connectivity index (χ2v) is 5.57. The van der Waals surface area contributed by atoms with E-state index in [4.69, 9.17) is 0 Å². The summed E-state index contributed by atoms with van der Waals surface area (Å²) >= 11 is 0. The molecule has 0 aromatic heterocycles. The Hall–Kier alpha value is -0.810. The fourth-order valence-corrected chi connectivity index (χ4v) is 2.27. The highest BCUT2D eigenvalue weighted by Gasteiger charge is 2.14. The van der Waals surface area contributed by atoms with Gasteiger partial charge in [0.05, 0.1) is 0 Å². The van der Waals surface area contributed by atoms with E-state index in [0.29, 0.717) is 25.2 Å². The first-order valence-corrected chi connectivity index (χ1v) is 7.34. The van der Waals surface area contributed by atoms with E-state index in [1.165, 1.54) is 6.42 Å². The number of amides is 2. The number of nitrogens with one attached hydrogen (secondary N) is 3. The van der Waals surface area contributed by atoms with E-state index in [1.54, 1.807) is 0 Å². The first kappa shape index (κ1) is 19.2. The topological polar surface area (TPSA) is 70.2 Å². The summed E-state index contributed by atoms with van der Waals surface area (Å²) in [4.78, 5) is 22.9. The van der Waals surface area contributed by atoms with Gasteiger partial charge in [0.2, 0.25) is 11.8 Å². The molecule has 6 heteroatoms. The molecule has 0 radical (unpaired) electrons. The second-order valence-electron chi connectivity index (χ2n) is 5.57. The summed E-state index contributed by atoms with van der Waals surface area (Å²) in [6.45, 7) is 6.79. The maximum absolute atomic E-state index is 11.6. The van der Waals surface area contributed by atoms with Gasteiger partial charge in [-0.15, -0.1) is 12.4 Å². The van der Waals surface area contributed by atoms with Gasteiger partial charge >= 0.3 is 0 Å². The first-order valence-electron chi connectivity index (χ1n) is 7.34. The average molecular weight is 306 g/mol. The van der Waals surface area contributed by atoms with Crippen molar-refractivity contribution in [3.05, 3.63) is 0 Å². The lowest BCUT2D eigenvalue weighted by molar-refractivity contribution is -0.122. The van der Waals surface area contributed by atoms with Gasteiger partial charge in [0, 0.05) is 25.4 Å². The molecule has 0 bridgehead atoms. The van der Waals surface area contributed by atoms with Crippen LogP contribution in [0.5, 0.6) is 0 Å². The highest BCUT2D eigenvalue weighted by molar-refractivity contribution is 5.85.